The number of carboxylic acid groups (broad SMARTS) is 1. The fourth-order valence-corrected chi connectivity index (χ4v) is 2.54. The molecule has 86 valence electrons. The van der Waals surface area contributed by atoms with Crippen molar-refractivity contribution in [3.63, 3.8) is 0 Å². The van der Waals surface area contributed by atoms with Gasteiger partial charge in [-0.05, 0) is 38.3 Å². The average molecular weight is 250 g/mol. The van der Waals surface area contributed by atoms with E-state index in [1.165, 1.54) is 15.3 Å². The third-order valence-electron chi connectivity index (χ3n) is 2.45. The Bertz CT molecular complexity index is 363. The van der Waals surface area contributed by atoms with Gasteiger partial charge in [-0.15, -0.1) is 23.7 Å². The Kier molecular flexibility index (Phi) is 5.28. The normalized spacial score (nSPS) is 12.0. The van der Waals surface area contributed by atoms with Crippen LogP contribution in [-0.2, 0) is 11.2 Å². The molecule has 1 atom stereocenters. The monoisotopic (exact) mass is 249 g/mol. The van der Waals surface area contributed by atoms with Gasteiger partial charge in [0.2, 0.25) is 0 Å². The molecule has 0 fully saturated rings. The predicted octanol–water partition coefficient (Wildman–Crippen LogP) is 2.05. The summed E-state index contributed by atoms with van der Waals surface area (Å²) in [4.78, 5) is 13.0. The molecule has 0 spiro atoms. The van der Waals surface area contributed by atoms with Crippen LogP contribution in [0.4, 0.5) is 0 Å². The van der Waals surface area contributed by atoms with E-state index < -0.39 is 12.0 Å². The maximum absolute atomic E-state index is 10.6. The van der Waals surface area contributed by atoms with Crippen LogP contribution in [0, 0.1) is 20.8 Å². The average Bonchev–Trinajstić information content (AvgIpc) is 2.32. The van der Waals surface area contributed by atoms with Crippen LogP contribution in [0.1, 0.15) is 20.9 Å². The van der Waals surface area contributed by atoms with E-state index in [0.717, 1.165) is 5.56 Å². The number of rotatable bonds is 3. The molecule has 0 amide bonds. The molecule has 0 aliphatic heterocycles. The highest BCUT2D eigenvalue weighted by atomic mass is 35.5. The van der Waals surface area contributed by atoms with Gasteiger partial charge >= 0.3 is 5.97 Å². The van der Waals surface area contributed by atoms with Gasteiger partial charge in [-0.1, -0.05) is 0 Å². The lowest BCUT2D eigenvalue weighted by atomic mass is 10.0. The second-order valence-corrected chi connectivity index (χ2v) is 4.90. The summed E-state index contributed by atoms with van der Waals surface area (Å²) in [6.45, 7) is 6.07. The Morgan fingerprint density at radius 3 is 2.27 bits per heavy atom. The van der Waals surface area contributed by atoms with Crippen molar-refractivity contribution in [2.45, 2.75) is 33.2 Å². The highest BCUT2D eigenvalue weighted by Crippen LogP contribution is 2.27. The van der Waals surface area contributed by atoms with Crippen molar-refractivity contribution in [2.75, 3.05) is 0 Å². The molecule has 1 aromatic heterocycles. The van der Waals surface area contributed by atoms with E-state index in [-0.39, 0.29) is 12.4 Å². The zero-order valence-corrected chi connectivity index (χ0v) is 10.7. The first-order chi connectivity index (χ1) is 6.43. The second-order valence-electron chi connectivity index (χ2n) is 3.47. The molecule has 0 saturated carbocycles. The van der Waals surface area contributed by atoms with Crippen LogP contribution >= 0.6 is 23.7 Å². The van der Waals surface area contributed by atoms with Crippen LogP contribution in [-0.4, -0.2) is 17.1 Å². The molecule has 0 bridgehead atoms. The number of carbonyl (C=O) groups is 1. The van der Waals surface area contributed by atoms with E-state index in [1.54, 1.807) is 11.3 Å². The van der Waals surface area contributed by atoms with Gasteiger partial charge in [0.15, 0.2) is 0 Å². The lowest BCUT2D eigenvalue weighted by molar-refractivity contribution is -0.138. The molecule has 15 heavy (non-hydrogen) atoms. The van der Waals surface area contributed by atoms with Gasteiger partial charge < -0.3 is 10.8 Å². The summed E-state index contributed by atoms with van der Waals surface area (Å²) in [6, 6.07) is -0.790. The quantitative estimate of drug-likeness (QED) is 0.862. The first-order valence-corrected chi connectivity index (χ1v) is 5.29. The van der Waals surface area contributed by atoms with Crippen molar-refractivity contribution < 1.29 is 9.90 Å². The minimum atomic E-state index is -0.937. The van der Waals surface area contributed by atoms with Crippen molar-refractivity contribution in [3.05, 3.63) is 20.9 Å². The Balaban J connectivity index is 0.00000196. The van der Waals surface area contributed by atoms with Gasteiger partial charge in [-0.2, -0.15) is 0 Å². The SMILES string of the molecule is Cc1sc(C)c(CC(N)C(=O)O)c1C.Cl. The molecule has 0 saturated heterocycles. The molecule has 1 aromatic rings. The first kappa shape index (κ1) is 14.4. The number of aryl methyl sites for hydroxylation is 2. The van der Waals surface area contributed by atoms with Gasteiger partial charge in [0.1, 0.15) is 6.04 Å². The number of nitrogens with two attached hydrogens (primary N) is 1. The van der Waals surface area contributed by atoms with Crippen LogP contribution in [0.5, 0.6) is 0 Å². The lowest BCUT2D eigenvalue weighted by Crippen LogP contribution is -2.32. The molecular formula is C10H16ClNO2S. The summed E-state index contributed by atoms with van der Waals surface area (Å²) in [5.74, 6) is -0.937. The molecule has 1 unspecified atom stereocenters. The number of hydrogen-bond donors (Lipinski definition) is 2. The first-order valence-electron chi connectivity index (χ1n) is 4.47. The standard InChI is InChI=1S/C10H15NO2S.ClH/c1-5-6(2)14-7(3)8(5)4-9(11)10(12)13;/h9H,4,11H2,1-3H3,(H,12,13);1H. The number of carboxylic acids is 1. The van der Waals surface area contributed by atoms with Crippen molar-refractivity contribution in [3.8, 4) is 0 Å². The van der Waals surface area contributed by atoms with E-state index >= 15 is 0 Å². The molecule has 0 aliphatic rings. The minimum absolute atomic E-state index is 0. The van der Waals surface area contributed by atoms with E-state index in [1.807, 2.05) is 20.8 Å². The molecule has 0 aliphatic carbocycles. The van der Waals surface area contributed by atoms with E-state index in [2.05, 4.69) is 0 Å². The van der Waals surface area contributed by atoms with Crippen molar-refractivity contribution >= 4 is 29.7 Å². The van der Waals surface area contributed by atoms with Gasteiger partial charge in [0, 0.05) is 9.75 Å². The van der Waals surface area contributed by atoms with Crippen molar-refractivity contribution in [2.24, 2.45) is 5.73 Å². The molecule has 3 N–H and O–H groups in total. The third-order valence-corrected chi connectivity index (χ3v) is 3.62. The van der Waals surface area contributed by atoms with Crippen LogP contribution in [0.15, 0.2) is 0 Å². The summed E-state index contributed by atoms with van der Waals surface area (Å²) >= 11 is 1.70. The van der Waals surface area contributed by atoms with Crippen LogP contribution in [0.2, 0.25) is 0 Å². The fourth-order valence-electron chi connectivity index (χ4n) is 1.45. The zero-order chi connectivity index (χ0) is 10.9. The molecule has 0 aromatic carbocycles. The molecule has 0 radical (unpaired) electrons. The lowest BCUT2D eigenvalue weighted by Gasteiger charge is -2.07. The highest BCUT2D eigenvalue weighted by molar-refractivity contribution is 7.12. The van der Waals surface area contributed by atoms with Crippen LogP contribution < -0.4 is 5.73 Å². The summed E-state index contributed by atoms with van der Waals surface area (Å²) in [5.41, 5.74) is 7.78. The van der Waals surface area contributed by atoms with Gasteiger partial charge in [-0.3, -0.25) is 4.79 Å². The smallest absolute Gasteiger partial charge is 0.320 e. The topological polar surface area (TPSA) is 63.3 Å². The van der Waals surface area contributed by atoms with E-state index in [9.17, 15) is 4.79 Å². The summed E-state index contributed by atoms with van der Waals surface area (Å²) in [5, 5.41) is 8.71. The van der Waals surface area contributed by atoms with E-state index in [0.29, 0.717) is 6.42 Å². The summed E-state index contributed by atoms with van der Waals surface area (Å²) in [7, 11) is 0. The zero-order valence-electron chi connectivity index (χ0n) is 9.03. The maximum Gasteiger partial charge on any atom is 0.320 e. The second kappa shape index (κ2) is 5.49. The third kappa shape index (κ3) is 3.19. The van der Waals surface area contributed by atoms with Crippen molar-refractivity contribution in [1.82, 2.24) is 0 Å². The van der Waals surface area contributed by atoms with E-state index in [4.69, 9.17) is 10.8 Å². The summed E-state index contributed by atoms with van der Waals surface area (Å²) in [6.07, 6.45) is 0.428. The van der Waals surface area contributed by atoms with Crippen molar-refractivity contribution in [1.29, 1.82) is 0 Å². The Morgan fingerprint density at radius 2 is 1.93 bits per heavy atom. The van der Waals surface area contributed by atoms with Crippen LogP contribution in [0.25, 0.3) is 0 Å². The highest BCUT2D eigenvalue weighted by Gasteiger charge is 2.17. The molecule has 5 heteroatoms. The molecule has 1 heterocycles. The Labute approximate surface area is 99.7 Å². The van der Waals surface area contributed by atoms with Crippen LogP contribution in [0.3, 0.4) is 0 Å². The summed E-state index contributed by atoms with van der Waals surface area (Å²) < 4.78 is 0. The number of thiophene rings is 1. The Morgan fingerprint density at radius 1 is 1.40 bits per heavy atom. The Hall–Kier alpha value is -0.580. The minimum Gasteiger partial charge on any atom is -0.480 e. The number of aliphatic carboxylic acids is 1. The van der Waals surface area contributed by atoms with Gasteiger partial charge in [-0.25, -0.2) is 0 Å². The number of halogens is 1. The number of hydrogen-bond acceptors (Lipinski definition) is 3. The molecule has 1 rings (SSSR count). The largest absolute Gasteiger partial charge is 0.480 e. The maximum atomic E-state index is 10.6. The van der Waals surface area contributed by atoms with Gasteiger partial charge in [0.05, 0.1) is 0 Å². The van der Waals surface area contributed by atoms with Gasteiger partial charge in [0.25, 0.3) is 0 Å². The molecule has 3 nitrogen and oxygen atoms in total. The molecular weight excluding hydrogens is 234 g/mol. The fraction of sp³-hybridized carbons (Fsp3) is 0.500. The predicted molar refractivity (Wildman–Crippen MR) is 65.1 cm³/mol.